The van der Waals surface area contributed by atoms with Gasteiger partial charge in [0.05, 0.1) is 33.6 Å². The molecular formula is C57H42N4. The Kier molecular flexibility index (Phi) is 7.98. The van der Waals surface area contributed by atoms with Crippen LogP contribution in [0.25, 0.3) is 77.3 Å². The summed E-state index contributed by atoms with van der Waals surface area (Å²) in [7, 11) is 0. The van der Waals surface area contributed by atoms with E-state index >= 15 is 0 Å². The molecule has 0 bridgehead atoms. The van der Waals surface area contributed by atoms with Crippen LogP contribution in [0.5, 0.6) is 0 Å². The Morgan fingerprint density at radius 1 is 0.525 bits per heavy atom. The summed E-state index contributed by atoms with van der Waals surface area (Å²) in [5.74, 6) is 0.694. The van der Waals surface area contributed by atoms with Crippen LogP contribution in [0, 0.1) is 0 Å². The molecule has 290 valence electrons. The van der Waals surface area contributed by atoms with E-state index in [-0.39, 0.29) is 5.41 Å². The fourth-order valence-corrected chi connectivity index (χ4v) is 10.0. The smallest absolute Gasteiger partial charge is 0.235 e. The summed E-state index contributed by atoms with van der Waals surface area (Å²) >= 11 is 0. The van der Waals surface area contributed by atoms with Gasteiger partial charge in [-0.25, -0.2) is 9.97 Å². The van der Waals surface area contributed by atoms with Crippen LogP contribution >= 0.6 is 0 Å². The van der Waals surface area contributed by atoms with Gasteiger partial charge in [0.15, 0.2) is 0 Å². The molecule has 0 saturated heterocycles. The molecule has 0 spiro atoms. The Morgan fingerprint density at radius 3 is 2.02 bits per heavy atom. The second-order valence-corrected chi connectivity index (χ2v) is 16.9. The van der Waals surface area contributed by atoms with E-state index in [1.54, 1.807) is 0 Å². The molecule has 12 rings (SSSR count). The topological polar surface area (TPSA) is 34.0 Å². The molecule has 0 unspecified atom stereocenters. The normalized spacial score (nSPS) is 14.4. The van der Waals surface area contributed by atoms with Gasteiger partial charge >= 0.3 is 0 Å². The predicted octanol–water partition coefficient (Wildman–Crippen LogP) is 15.1. The molecule has 4 nitrogen and oxygen atoms in total. The molecule has 1 aliphatic heterocycles. The molecule has 8 aromatic carbocycles. The molecule has 0 N–H and O–H groups in total. The van der Waals surface area contributed by atoms with E-state index < -0.39 is 0 Å². The first-order chi connectivity index (χ1) is 30.0. The highest BCUT2D eigenvalue weighted by molar-refractivity contribution is 6.21. The van der Waals surface area contributed by atoms with Gasteiger partial charge in [0.2, 0.25) is 5.95 Å². The van der Waals surface area contributed by atoms with Crippen molar-refractivity contribution in [1.82, 2.24) is 14.5 Å². The lowest BCUT2D eigenvalue weighted by molar-refractivity contribution is 0.632. The number of hydrogen-bond acceptors (Lipinski definition) is 3. The standard InChI is InChI=1S/C57H42N4/c1-57(2)47-22-12-14-24-51(47)60(43-18-7-4-8-19-43)53-36-42(29-32-48(53)57)38-27-25-37(26-28-38)41-31-33-50-46(35-41)54-44-20-10-9-15-39(44)30-34-52(54)61(50)56-58-49-23-13-11-21-45(49)55(59-56)40-16-5-3-6-17-40/h3-5,7-16,18-36H,6,17H2,1-2H3. The fraction of sp³-hybridized carbons (Fsp3) is 0.0877. The van der Waals surface area contributed by atoms with Crippen molar-refractivity contribution in [2.24, 2.45) is 0 Å². The van der Waals surface area contributed by atoms with Crippen molar-refractivity contribution < 1.29 is 0 Å². The van der Waals surface area contributed by atoms with Crippen molar-refractivity contribution in [2.75, 3.05) is 4.90 Å². The van der Waals surface area contributed by atoms with Gasteiger partial charge in [-0.15, -0.1) is 0 Å². The van der Waals surface area contributed by atoms with Crippen molar-refractivity contribution in [2.45, 2.75) is 32.1 Å². The summed E-state index contributed by atoms with van der Waals surface area (Å²) in [6.07, 6.45) is 8.57. The molecule has 3 heterocycles. The third-order valence-corrected chi connectivity index (χ3v) is 13.1. The number of benzene rings is 8. The van der Waals surface area contributed by atoms with E-state index in [4.69, 9.17) is 9.97 Å². The molecule has 2 aromatic heterocycles. The maximum atomic E-state index is 5.38. The summed E-state index contributed by atoms with van der Waals surface area (Å²) in [4.78, 5) is 13.1. The second kappa shape index (κ2) is 13.8. The van der Waals surface area contributed by atoms with Crippen LogP contribution in [0.2, 0.25) is 0 Å². The average Bonchev–Trinajstić information content (AvgIpc) is 3.66. The summed E-state index contributed by atoms with van der Waals surface area (Å²) in [5, 5.41) is 5.92. The van der Waals surface area contributed by atoms with Gasteiger partial charge in [-0.05, 0) is 111 Å². The van der Waals surface area contributed by atoms with Crippen LogP contribution in [-0.4, -0.2) is 14.5 Å². The van der Waals surface area contributed by atoms with Crippen molar-refractivity contribution in [3.05, 3.63) is 211 Å². The maximum absolute atomic E-state index is 5.38. The number of rotatable bonds is 5. The third-order valence-electron chi connectivity index (χ3n) is 13.1. The lowest BCUT2D eigenvalue weighted by Gasteiger charge is -2.42. The van der Waals surface area contributed by atoms with E-state index in [0.717, 1.165) is 46.2 Å². The Balaban J connectivity index is 0.984. The highest BCUT2D eigenvalue weighted by Gasteiger charge is 2.37. The quantitative estimate of drug-likeness (QED) is 0.174. The molecule has 0 saturated carbocycles. The van der Waals surface area contributed by atoms with Gasteiger partial charge in [-0.3, -0.25) is 4.57 Å². The summed E-state index contributed by atoms with van der Waals surface area (Å²) in [6.45, 7) is 4.69. The van der Waals surface area contributed by atoms with Crippen LogP contribution < -0.4 is 4.90 Å². The molecule has 10 aromatic rings. The minimum absolute atomic E-state index is 0.139. The predicted molar refractivity (Wildman–Crippen MR) is 255 cm³/mol. The molecule has 2 aliphatic rings. The number of aromatic nitrogens is 3. The first-order valence-corrected chi connectivity index (χ1v) is 21.3. The van der Waals surface area contributed by atoms with Crippen LogP contribution in [-0.2, 0) is 5.41 Å². The highest BCUT2D eigenvalue weighted by Crippen LogP contribution is 2.52. The van der Waals surface area contributed by atoms with Gasteiger partial charge < -0.3 is 4.90 Å². The first kappa shape index (κ1) is 35.4. The van der Waals surface area contributed by atoms with Crippen molar-refractivity contribution in [3.8, 4) is 28.2 Å². The van der Waals surface area contributed by atoms with Gasteiger partial charge in [0.1, 0.15) is 0 Å². The van der Waals surface area contributed by atoms with E-state index in [2.05, 4.69) is 217 Å². The van der Waals surface area contributed by atoms with Crippen LogP contribution in [0.15, 0.2) is 194 Å². The second-order valence-electron chi connectivity index (χ2n) is 16.9. The van der Waals surface area contributed by atoms with Crippen LogP contribution in [0.3, 0.4) is 0 Å². The number of anilines is 3. The van der Waals surface area contributed by atoms with Gasteiger partial charge in [0.25, 0.3) is 0 Å². The lowest BCUT2D eigenvalue weighted by Crippen LogP contribution is -2.30. The lowest BCUT2D eigenvalue weighted by atomic mass is 9.73. The molecule has 0 radical (unpaired) electrons. The van der Waals surface area contributed by atoms with Crippen LogP contribution in [0.1, 0.15) is 43.5 Å². The number of nitrogens with zero attached hydrogens (tertiary/aromatic N) is 4. The monoisotopic (exact) mass is 782 g/mol. The first-order valence-electron chi connectivity index (χ1n) is 21.3. The minimum atomic E-state index is -0.139. The molecule has 0 amide bonds. The third kappa shape index (κ3) is 5.59. The Morgan fingerprint density at radius 2 is 1.20 bits per heavy atom. The number of fused-ring (bicyclic) bond motifs is 8. The van der Waals surface area contributed by atoms with Crippen molar-refractivity contribution >= 4 is 66.1 Å². The van der Waals surface area contributed by atoms with E-state index in [9.17, 15) is 0 Å². The van der Waals surface area contributed by atoms with E-state index in [1.165, 1.54) is 71.9 Å². The molecular weight excluding hydrogens is 741 g/mol. The molecule has 61 heavy (non-hydrogen) atoms. The molecule has 0 fully saturated rings. The number of allylic oxidation sites excluding steroid dienone is 4. The van der Waals surface area contributed by atoms with Gasteiger partial charge in [0, 0.05) is 27.3 Å². The average molecular weight is 783 g/mol. The zero-order chi connectivity index (χ0) is 40.7. The van der Waals surface area contributed by atoms with Gasteiger partial charge in [-0.2, -0.15) is 0 Å². The number of para-hydroxylation sites is 3. The Hall–Kier alpha value is -7.56. The number of hydrogen-bond donors (Lipinski definition) is 0. The minimum Gasteiger partial charge on any atom is -0.310 e. The van der Waals surface area contributed by atoms with E-state index in [0.29, 0.717) is 5.95 Å². The molecule has 1 aliphatic carbocycles. The largest absolute Gasteiger partial charge is 0.310 e. The van der Waals surface area contributed by atoms with Crippen molar-refractivity contribution in [3.63, 3.8) is 0 Å². The van der Waals surface area contributed by atoms with E-state index in [1.807, 2.05) is 0 Å². The Labute approximate surface area is 355 Å². The SMILES string of the molecule is CC1(C)c2ccccc2N(c2ccccc2)c2cc(-c3ccc(-c4ccc5c(c4)c4c6ccccc6ccc4n5-c4nc(C5=CC=CCC5)c5ccccc5n4)cc3)ccc21. The van der Waals surface area contributed by atoms with Crippen molar-refractivity contribution in [1.29, 1.82) is 0 Å². The summed E-state index contributed by atoms with van der Waals surface area (Å²) in [5.41, 5.74) is 16.3. The van der Waals surface area contributed by atoms with Gasteiger partial charge in [-0.1, -0.05) is 159 Å². The molecule has 4 heteroatoms. The summed E-state index contributed by atoms with van der Waals surface area (Å²) < 4.78 is 2.27. The zero-order valence-corrected chi connectivity index (χ0v) is 34.2. The fourth-order valence-electron chi connectivity index (χ4n) is 10.0. The zero-order valence-electron chi connectivity index (χ0n) is 34.2. The Bertz CT molecular complexity index is 3440. The molecule has 0 atom stereocenters. The van der Waals surface area contributed by atoms with Crippen LogP contribution in [0.4, 0.5) is 17.1 Å². The maximum Gasteiger partial charge on any atom is 0.235 e. The highest BCUT2D eigenvalue weighted by atomic mass is 15.2. The summed E-state index contributed by atoms with van der Waals surface area (Å²) in [6, 6.07) is 64.1.